The Morgan fingerprint density at radius 2 is 1.72 bits per heavy atom. The number of benzene rings is 2. The summed E-state index contributed by atoms with van der Waals surface area (Å²) in [6.07, 6.45) is 2.12. The summed E-state index contributed by atoms with van der Waals surface area (Å²) in [6, 6.07) is 19.6. The zero-order valence-corrected chi connectivity index (χ0v) is 15.6. The van der Waals surface area contributed by atoms with Gasteiger partial charge in [-0.1, -0.05) is 30.3 Å². The molecule has 0 aliphatic carbocycles. The molecule has 0 bridgehead atoms. The Morgan fingerprint density at radius 3 is 2.56 bits per heavy atom. The van der Waals surface area contributed by atoms with E-state index in [0.717, 1.165) is 11.5 Å². The first kappa shape index (κ1) is 14.9. The molecule has 0 radical (unpaired) electrons. The maximum atomic E-state index is 4.90. The van der Waals surface area contributed by atoms with E-state index in [1.807, 2.05) is 11.3 Å². The Balaban J connectivity index is 1.65. The van der Waals surface area contributed by atoms with Crippen LogP contribution < -0.4 is 0 Å². The summed E-state index contributed by atoms with van der Waals surface area (Å²) in [5.74, 6) is 1.01. The lowest BCUT2D eigenvalue weighted by Gasteiger charge is -2.01. The Morgan fingerprint density at radius 1 is 0.880 bits per heavy atom. The lowest BCUT2D eigenvalue weighted by Crippen LogP contribution is -1.90. The molecule has 3 heterocycles. The van der Waals surface area contributed by atoms with Crippen LogP contribution in [-0.4, -0.2) is 9.55 Å². The zero-order valence-electron chi connectivity index (χ0n) is 14.0. The van der Waals surface area contributed by atoms with Crippen LogP contribution in [0.1, 0.15) is 4.88 Å². The van der Waals surface area contributed by atoms with Crippen molar-refractivity contribution in [2.45, 2.75) is 6.92 Å². The number of hydrogen-bond acceptors (Lipinski definition) is 3. The second-order valence-electron chi connectivity index (χ2n) is 6.28. The van der Waals surface area contributed by atoms with Gasteiger partial charge in [-0.2, -0.15) is 0 Å². The van der Waals surface area contributed by atoms with Gasteiger partial charge in [0.25, 0.3) is 0 Å². The molecule has 0 aliphatic rings. The van der Waals surface area contributed by atoms with Crippen molar-refractivity contribution in [2.24, 2.45) is 7.05 Å². The topological polar surface area (TPSA) is 17.8 Å². The predicted molar refractivity (Wildman–Crippen MR) is 110 cm³/mol. The van der Waals surface area contributed by atoms with Gasteiger partial charge < -0.3 is 4.57 Å². The van der Waals surface area contributed by atoms with Crippen molar-refractivity contribution < 1.29 is 0 Å². The van der Waals surface area contributed by atoms with Gasteiger partial charge in [0.1, 0.15) is 5.82 Å². The van der Waals surface area contributed by atoms with Crippen molar-refractivity contribution in [1.82, 2.24) is 9.55 Å². The van der Waals surface area contributed by atoms with Gasteiger partial charge in [0, 0.05) is 43.9 Å². The highest BCUT2D eigenvalue weighted by Gasteiger charge is 2.12. The quantitative estimate of drug-likeness (QED) is 0.352. The Kier molecular flexibility index (Phi) is 3.30. The van der Waals surface area contributed by atoms with Crippen LogP contribution in [0, 0.1) is 6.92 Å². The summed E-state index contributed by atoms with van der Waals surface area (Å²) in [5.41, 5.74) is 2.22. The van der Waals surface area contributed by atoms with E-state index in [4.69, 9.17) is 4.98 Å². The summed E-state index contributed by atoms with van der Waals surface area (Å²) in [5, 5.41) is 2.66. The van der Waals surface area contributed by atoms with E-state index >= 15 is 0 Å². The molecule has 5 rings (SSSR count). The molecule has 2 aromatic carbocycles. The van der Waals surface area contributed by atoms with Crippen LogP contribution in [0.4, 0.5) is 0 Å². The fraction of sp³-hybridized carbons (Fsp3) is 0.0952. The smallest absolute Gasteiger partial charge is 0.140 e. The number of nitrogens with zero attached hydrogens (tertiary/aromatic N) is 2. The maximum absolute atomic E-state index is 4.90. The maximum Gasteiger partial charge on any atom is 0.140 e. The molecule has 0 atom stereocenters. The van der Waals surface area contributed by atoms with Crippen molar-refractivity contribution in [3.8, 4) is 22.0 Å². The van der Waals surface area contributed by atoms with Crippen molar-refractivity contribution in [3.63, 3.8) is 0 Å². The van der Waals surface area contributed by atoms with E-state index in [2.05, 4.69) is 79.3 Å². The first-order chi connectivity index (χ1) is 12.2. The summed E-state index contributed by atoms with van der Waals surface area (Å²) in [6.45, 7) is 2.13. The Labute approximate surface area is 154 Å². The second kappa shape index (κ2) is 5.55. The fourth-order valence-electron chi connectivity index (χ4n) is 3.29. The molecule has 0 amide bonds. The largest absolute Gasteiger partial charge is 0.333 e. The van der Waals surface area contributed by atoms with Crippen LogP contribution in [0.25, 0.3) is 42.1 Å². The zero-order chi connectivity index (χ0) is 17.0. The molecule has 0 fully saturated rings. The molecule has 0 unspecified atom stereocenters. The number of imidazole rings is 1. The highest BCUT2D eigenvalue weighted by molar-refractivity contribution is 7.25. The first-order valence-electron chi connectivity index (χ1n) is 8.21. The van der Waals surface area contributed by atoms with E-state index in [9.17, 15) is 0 Å². The summed E-state index contributed by atoms with van der Waals surface area (Å²) < 4.78 is 4.78. The minimum absolute atomic E-state index is 1.01. The Hall–Kier alpha value is -2.43. The Bertz CT molecular complexity index is 1220. The number of thiophene rings is 2. The van der Waals surface area contributed by atoms with Crippen molar-refractivity contribution >= 4 is 42.8 Å². The molecule has 0 saturated heterocycles. The molecule has 0 aliphatic heterocycles. The minimum Gasteiger partial charge on any atom is -0.333 e. The molecule has 3 aromatic heterocycles. The van der Waals surface area contributed by atoms with Gasteiger partial charge in [-0.25, -0.2) is 4.98 Å². The molecule has 2 nitrogen and oxygen atoms in total. The third-order valence-electron chi connectivity index (χ3n) is 4.51. The van der Waals surface area contributed by atoms with Crippen LogP contribution in [0.5, 0.6) is 0 Å². The molecule has 0 saturated carbocycles. The van der Waals surface area contributed by atoms with Gasteiger partial charge in [-0.05, 0) is 31.2 Å². The number of fused-ring (bicyclic) bond motifs is 3. The fourth-order valence-corrected chi connectivity index (χ4v) is 5.26. The van der Waals surface area contributed by atoms with Crippen molar-refractivity contribution in [1.29, 1.82) is 0 Å². The van der Waals surface area contributed by atoms with E-state index in [1.54, 1.807) is 11.3 Å². The van der Waals surface area contributed by atoms with E-state index in [0.29, 0.717) is 0 Å². The van der Waals surface area contributed by atoms with Gasteiger partial charge >= 0.3 is 0 Å². The van der Waals surface area contributed by atoms with Gasteiger partial charge in [0.15, 0.2) is 0 Å². The molecule has 25 heavy (non-hydrogen) atoms. The van der Waals surface area contributed by atoms with Crippen molar-refractivity contribution in [2.75, 3.05) is 0 Å². The molecule has 122 valence electrons. The van der Waals surface area contributed by atoms with E-state index < -0.39 is 0 Å². The standard InChI is InChI=1S/C21H16N2S2/c1-13-7-10-19(24-13)17-12-23(2)21(22-17)14-8-9-16-15-5-3-4-6-18(15)25-20(16)11-14/h3-12H,1-2H3. The highest BCUT2D eigenvalue weighted by atomic mass is 32.1. The molecule has 5 aromatic rings. The first-order valence-corrected chi connectivity index (χ1v) is 9.84. The van der Waals surface area contributed by atoms with E-state index in [-0.39, 0.29) is 0 Å². The van der Waals surface area contributed by atoms with Crippen LogP contribution >= 0.6 is 22.7 Å². The monoisotopic (exact) mass is 360 g/mol. The molecular formula is C21H16N2S2. The number of hydrogen-bond donors (Lipinski definition) is 0. The normalized spacial score (nSPS) is 11.6. The van der Waals surface area contributed by atoms with Crippen LogP contribution in [0.2, 0.25) is 0 Å². The highest BCUT2D eigenvalue weighted by Crippen LogP contribution is 2.36. The lowest BCUT2D eigenvalue weighted by atomic mass is 10.1. The lowest BCUT2D eigenvalue weighted by molar-refractivity contribution is 0.925. The predicted octanol–water partition coefficient (Wildman–Crippen LogP) is 6.49. The van der Waals surface area contributed by atoms with Crippen LogP contribution in [-0.2, 0) is 7.05 Å². The van der Waals surface area contributed by atoms with Crippen LogP contribution in [0.3, 0.4) is 0 Å². The van der Waals surface area contributed by atoms with Gasteiger partial charge in [-0.15, -0.1) is 22.7 Å². The van der Waals surface area contributed by atoms with Gasteiger partial charge in [-0.3, -0.25) is 0 Å². The summed E-state index contributed by atoms with van der Waals surface area (Å²) >= 11 is 3.64. The number of aryl methyl sites for hydroxylation is 2. The van der Waals surface area contributed by atoms with E-state index in [1.165, 1.54) is 35.5 Å². The molecule has 4 heteroatoms. The van der Waals surface area contributed by atoms with Crippen molar-refractivity contribution in [3.05, 3.63) is 65.7 Å². The summed E-state index contributed by atoms with van der Waals surface area (Å²) in [7, 11) is 2.07. The number of aromatic nitrogens is 2. The molecule has 0 spiro atoms. The second-order valence-corrected chi connectivity index (χ2v) is 8.65. The third-order valence-corrected chi connectivity index (χ3v) is 6.66. The third kappa shape index (κ3) is 2.41. The number of rotatable bonds is 2. The van der Waals surface area contributed by atoms with Gasteiger partial charge in [0.05, 0.1) is 10.6 Å². The minimum atomic E-state index is 1.01. The molecular weight excluding hydrogens is 344 g/mol. The van der Waals surface area contributed by atoms with Crippen LogP contribution in [0.15, 0.2) is 60.8 Å². The molecule has 0 N–H and O–H groups in total. The average Bonchev–Trinajstić information content (AvgIpc) is 3.30. The average molecular weight is 361 g/mol. The summed E-state index contributed by atoms with van der Waals surface area (Å²) in [4.78, 5) is 7.44. The SMILES string of the molecule is Cc1ccc(-c2cn(C)c(-c3ccc4c(c3)sc3ccccc34)n2)s1. The van der Waals surface area contributed by atoms with Gasteiger partial charge in [0.2, 0.25) is 0 Å².